The number of carbonyl (C=O) groups is 1. The lowest BCUT2D eigenvalue weighted by Crippen LogP contribution is -2.22. The lowest BCUT2D eigenvalue weighted by Gasteiger charge is -2.14. The average molecular weight is 729 g/mol. The first kappa shape index (κ1) is 33.4. The van der Waals surface area contributed by atoms with Crippen LogP contribution in [-0.2, 0) is 32.2 Å². The van der Waals surface area contributed by atoms with E-state index in [9.17, 15) is 4.79 Å². The van der Waals surface area contributed by atoms with Crippen molar-refractivity contribution in [3.8, 4) is 11.3 Å². The molecule has 0 spiro atoms. The molecule has 0 atom stereocenters. The minimum atomic E-state index is 0. The highest BCUT2D eigenvalue weighted by Crippen LogP contribution is 2.32. The van der Waals surface area contributed by atoms with Crippen LogP contribution in [0.25, 0.3) is 16.2 Å². The Morgan fingerprint density at radius 2 is 1.47 bits per heavy atom. The van der Waals surface area contributed by atoms with E-state index in [0.717, 1.165) is 34.6 Å². The molecule has 0 aliphatic heterocycles. The lowest BCUT2D eigenvalue weighted by molar-refractivity contribution is 0.0969. The van der Waals surface area contributed by atoms with Crippen LogP contribution >= 0.6 is 45.0 Å². The molecule has 0 saturated carbocycles. The first-order chi connectivity index (χ1) is 20.4. The van der Waals surface area contributed by atoms with E-state index in [2.05, 4.69) is 41.8 Å². The van der Waals surface area contributed by atoms with Gasteiger partial charge in [0.1, 0.15) is 0 Å². The monoisotopic (exact) mass is 728 g/mol. The van der Waals surface area contributed by atoms with Crippen molar-refractivity contribution in [2.24, 2.45) is 0 Å². The van der Waals surface area contributed by atoms with Crippen molar-refractivity contribution < 1.29 is 10.3 Å². The Labute approximate surface area is 278 Å². The summed E-state index contributed by atoms with van der Waals surface area (Å²) in [5.74, 6) is 0.0923. The maximum atomic E-state index is 12.4. The third-order valence-electron chi connectivity index (χ3n) is 7.77. The second kappa shape index (κ2) is 16.0. The number of Topliss-reactive ketones (excluding diaryl/α,β-unsaturated/α-hetero) is 1. The second-order valence-electron chi connectivity index (χ2n) is 10.7. The van der Waals surface area contributed by atoms with Gasteiger partial charge in [-0.1, -0.05) is 67.1 Å². The molecule has 7 rings (SSSR count). The van der Waals surface area contributed by atoms with E-state index in [-0.39, 0.29) is 18.7 Å². The SMILES string of the molecule is C.Cc1ccc(-c2cn3c4c(sc3n2)CCCC4)cc1.Cc1ccc(C(=O)Cn2c3c(sc2=N)CCCC3)cc1.[3H][B]I.[OH-]. The second-order valence-corrected chi connectivity index (χ2v) is 12.8. The third kappa shape index (κ3) is 7.95. The number of hydrogen-bond donors (Lipinski definition) is 1. The van der Waals surface area contributed by atoms with Crippen LogP contribution in [0, 0.1) is 19.3 Å². The van der Waals surface area contributed by atoms with Gasteiger partial charge in [-0.3, -0.25) is 14.6 Å². The Kier molecular flexibility index (Phi) is 12.4. The summed E-state index contributed by atoms with van der Waals surface area (Å²) in [7, 11) is 0. The maximum absolute atomic E-state index is 12.4. The predicted molar refractivity (Wildman–Crippen MR) is 190 cm³/mol. The number of halogens is 1. The summed E-state index contributed by atoms with van der Waals surface area (Å²) in [6, 6.07) is 16.3. The van der Waals surface area contributed by atoms with Gasteiger partial charge in [0.15, 0.2) is 21.2 Å². The van der Waals surface area contributed by atoms with Crippen LogP contribution in [0.4, 0.5) is 0 Å². The number of imidazole rings is 1. The van der Waals surface area contributed by atoms with Crippen molar-refractivity contribution in [2.45, 2.75) is 79.2 Å². The van der Waals surface area contributed by atoms with Crippen molar-refractivity contribution in [2.75, 3.05) is 0 Å². The van der Waals surface area contributed by atoms with Gasteiger partial charge in [0.25, 0.3) is 0 Å². The van der Waals surface area contributed by atoms with Crippen LogP contribution in [0.1, 0.15) is 75.7 Å². The quantitative estimate of drug-likeness (QED) is 0.115. The van der Waals surface area contributed by atoms with Crippen molar-refractivity contribution in [3.05, 3.63) is 97.4 Å². The summed E-state index contributed by atoms with van der Waals surface area (Å²) in [6.07, 6.45) is 11.8. The van der Waals surface area contributed by atoms with Crippen molar-refractivity contribution in [1.82, 2.24) is 14.0 Å². The van der Waals surface area contributed by atoms with Crippen LogP contribution in [0.15, 0.2) is 54.7 Å². The normalized spacial score (nSPS) is 13.4. The Hall–Kier alpha value is -2.54. The molecule has 10 heteroatoms. The molecule has 0 amide bonds. The van der Waals surface area contributed by atoms with Gasteiger partial charge in [0.05, 0.1) is 12.2 Å². The molecule has 0 saturated heterocycles. The number of nitrogens with zero attached hydrogens (tertiary/aromatic N) is 3. The first-order valence-electron chi connectivity index (χ1n) is 14.7. The van der Waals surface area contributed by atoms with Crippen LogP contribution in [0.3, 0.4) is 0 Å². The standard InChI is InChI=1S/C16H18N2OS.C16H16N2S.CH4.BHI.H2O/c1-11-6-8-12(9-7-11)14(19)10-18-13-4-2-3-5-15(13)20-16(18)17;1-11-6-8-12(9-7-11)13-10-18-14-4-2-3-5-15(14)19-16(18)17-13;;1-2;/h6-9,17H,2-5,10H2,1H3;6-10H,2-5H2,1H3;1H4;1H;1H2/p-1/i;;;1T;. The van der Waals surface area contributed by atoms with Crippen molar-refractivity contribution >= 4 is 61.5 Å². The number of aromatic nitrogens is 3. The molecule has 3 aromatic heterocycles. The Bertz CT molecular complexity index is 1730. The van der Waals surface area contributed by atoms with Gasteiger partial charge in [-0.25, -0.2) is 4.98 Å². The summed E-state index contributed by atoms with van der Waals surface area (Å²) in [6.45, 7) is 4.43. The van der Waals surface area contributed by atoms with Gasteiger partial charge in [0.2, 0.25) is 0 Å². The van der Waals surface area contributed by atoms with Gasteiger partial charge in [-0.2, -0.15) is 22.4 Å². The highest BCUT2D eigenvalue weighted by molar-refractivity contribution is 14.1. The molecular weight excluding hydrogens is 686 g/mol. The van der Waals surface area contributed by atoms with Crippen molar-refractivity contribution in [3.63, 3.8) is 0 Å². The molecule has 2 aliphatic rings. The summed E-state index contributed by atoms with van der Waals surface area (Å²) in [5.41, 5.74) is 9.43. The third-order valence-corrected chi connectivity index (χ3v) is 10.0. The molecule has 2 N–H and O–H groups in total. The Morgan fingerprint density at radius 3 is 2.09 bits per heavy atom. The Morgan fingerprint density at radius 1 is 0.930 bits per heavy atom. The zero-order valence-electron chi connectivity index (χ0n) is 25.0. The van der Waals surface area contributed by atoms with E-state index >= 15 is 0 Å². The molecule has 1 radical (unpaired) electrons. The van der Waals surface area contributed by atoms with Crippen molar-refractivity contribution in [1.29, 1.82) is 6.74 Å². The highest BCUT2D eigenvalue weighted by Gasteiger charge is 2.19. The molecule has 6 nitrogen and oxygen atoms in total. The number of rotatable bonds is 4. The topological polar surface area (TPSA) is 93.2 Å². The number of carbonyl (C=O) groups excluding carboxylic acids is 1. The predicted octanol–water partition coefficient (Wildman–Crippen LogP) is 8.05. The molecule has 227 valence electrons. The summed E-state index contributed by atoms with van der Waals surface area (Å²) < 4.78 is 10.3. The number of ketones is 1. The van der Waals surface area contributed by atoms with Crippen LogP contribution in [0.5, 0.6) is 0 Å². The van der Waals surface area contributed by atoms with Crippen LogP contribution in [-0.4, -0.2) is 32.2 Å². The number of fused-ring (bicyclic) bond motifs is 4. The van der Waals surface area contributed by atoms with E-state index in [4.69, 9.17) is 11.7 Å². The fourth-order valence-electron chi connectivity index (χ4n) is 5.52. The summed E-state index contributed by atoms with van der Waals surface area (Å²) in [4.78, 5) is 21.7. The van der Waals surface area contributed by atoms with E-state index in [1.165, 1.54) is 82.9 Å². The molecule has 5 aromatic rings. The van der Waals surface area contributed by atoms with Gasteiger partial charge in [-0.15, -0.1) is 22.7 Å². The molecule has 43 heavy (non-hydrogen) atoms. The van der Waals surface area contributed by atoms with Gasteiger partial charge >= 0.3 is 0 Å². The minimum Gasteiger partial charge on any atom is -0.870 e. The smallest absolute Gasteiger partial charge is 0.194 e. The van der Waals surface area contributed by atoms with Gasteiger partial charge < -0.3 is 10.0 Å². The largest absolute Gasteiger partial charge is 0.870 e. The van der Waals surface area contributed by atoms with E-state index in [1.807, 2.05) is 69.5 Å². The van der Waals surface area contributed by atoms with Crippen LogP contribution in [0.2, 0.25) is 0 Å². The van der Waals surface area contributed by atoms with E-state index < -0.39 is 0 Å². The lowest BCUT2D eigenvalue weighted by atomic mass is 10.0. The molecule has 2 aromatic carbocycles. The number of nitrogens with one attached hydrogen (secondary N) is 1. The molecule has 0 unspecified atom stereocenters. The number of thiazole rings is 2. The highest BCUT2D eigenvalue weighted by atomic mass is 127. The number of benzene rings is 2. The molecule has 0 fully saturated rings. The molecule has 0 bridgehead atoms. The fourth-order valence-corrected chi connectivity index (χ4v) is 7.81. The molecule has 2 aliphatic carbocycles. The van der Waals surface area contributed by atoms with E-state index in [1.54, 1.807) is 4.88 Å². The molecule has 3 heterocycles. The van der Waals surface area contributed by atoms with Crippen LogP contribution < -0.4 is 4.80 Å². The van der Waals surface area contributed by atoms with E-state index in [0.29, 0.717) is 11.3 Å². The molecular formula is C33H40BIN4O2S2-. The first-order valence-corrected chi connectivity index (χ1v) is 17.0. The zero-order chi connectivity index (χ0) is 29.6. The van der Waals surface area contributed by atoms with Gasteiger partial charge in [0, 0.05) is 38.5 Å². The maximum Gasteiger partial charge on any atom is 0.194 e. The fraction of sp³-hybridized carbons (Fsp3) is 0.364. The number of aryl methyl sites for hydroxylation is 5. The van der Waals surface area contributed by atoms with Gasteiger partial charge in [-0.05, 0) is 66.5 Å². The number of hydrogen-bond acceptors (Lipinski definition) is 6. The Balaban J connectivity index is 0.000000212. The summed E-state index contributed by atoms with van der Waals surface area (Å²) in [5, 5.41) is 8.09. The average Bonchev–Trinajstić information content (AvgIpc) is 3.65. The summed E-state index contributed by atoms with van der Waals surface area (Å²) >= 11 is 5.23. The minimum absolute atomic E-state index is 0. The zero-order valence-corrected chi connectivity index (χ0v) is 27.8.